The van der Waals surface area contributed by atoms with E-state index in [9.17, 15) is 16.8 Å². The first-order chi connectivity index (χ1) is 16.0. The predicted molar refractivity (Wildman–Crippen MR) is 135 cm³/mol. The number of fused-ring (bicyclic) bond motifs is 1. The van der Waals surface area contributed by atoms with Gasteiger partial charge in [-0.15, -0.1) is 0 Å². The third-order valence-electron chi connectivity index (χ3n) is 5.09. The number of nitrogens with one attached hydrogen (secondary N) is 1. The molecule has 0 fully saturated rings. The third kappa shape index (κ3) is 4.86. The molecule has 13 heteroatoms. The second kappa shape index (κ2) is 9.12. The zero-order valence-corrected chi connectivity index (χ0v) is 20.9. The van der Waals surface area contributed by atoms with Gasteiger partial charge in [0.1, 0.15) is 10.7 Å². The molecule has 0 saturated heterocycles. The van der Waals surface area contributed by atoms with E-state index in [0.717, 1.165) is 5.56 Å². The smallest absolute Gasteiger partial charge is 0.264 e. The van der Waals surface area contributed by atoms with Crippen LogP contribution in [0.4, 0.5) is 5.82 Å². The topological polar surface area (TPSA) is 133 Å². The van der Waals surface area contributed by atoms with Gasteiger partial charge in [0.05, 0.1) is 29.5 Å². The molecule has 2 aromatic carbocycles. The molecule has 34 heavy (non-hydrogen) atoms. The van der Waals surface area contributed by atoms with Gasteiger partial charge in [0.15, 0.2) is 5.82 Å². The molecule has 0 unspecified atom stereocenters. The number of benzene rings is 2. The standard InChI is InChI=1S/C21H19ClN4O5S3/c1-31-17-4-2-3-16-20(17)21(25-34(29,30)19-11-14(22)7-10-18(19)32)24-26(16)12-13-5-8-15(9-6-13)33(23,27)28/h2-9,11H,10,12H2,1H3,(H,24,25)(H2,23,27,28). The van der Waals surface area contributed by atoms with E-state index in [-0.39, 0.29) is 38.5 Å². The highest BCUT2D eigenvalue weighted by Gasteiger charge is 2.27. The first-order valence-corrected chi connectivity index (χ1v) is 13.6. The molecule has 0 saturated carbocycles. The minimum atomic E-state index is -4.08. The molecule has 0 radical (unpaired) electrons. The molecule has 0 spiro atoms. The van der Waals surface area contributed by atoms with E-state index < -0.39 is 20.0 Å². The Kier molecular flexibility index (Phi) is 6.53. The van der Waals surface area contributed by atoms with Gasteiger partial charge in [0.25, 0.3) is 10.0 Å². The van der Waals surface area contributed by atoms with Crippen molar-refractivity contribution < 1.29 is 21.6 Å². The van der Waals surface area contributed by atoms with Crippen molar-refractivity contribution in [1.82, 2.24) is 9.78 Å². The lowest BCUT2D eigenvalue weighted by atomic mass is 10.2. The Balaban J connectivity index is 1.77. The molecule has 1 heterocycles. The van der Waals surface area contributed by atoms with E-state index in [0.29, 0.717) is 16.7 Å². The van der Waals surface area contributed by atoms with Crippen LogP contribution in [0, 0.1) is 0 Å². The van der Waals surface area contributed by atoms with Crippen molar-refractivity contribution in [2.24, 2.45) is 5.14 Å². The highest BCUT2D eigenvalue weighted by atomic mass is 35.5. The number of sulfonamides is 2. The Bertz CT molecular complexity index is 1570. The van der Waals surface area contributed by atoms with Crippen LogP contribution in [0.1, 0.15) is 12.0 Å². The predicted octanol–water partition coefficient (Wildman–Crippen LogP) is 3.26. The van der Waals surface area contributed by atoms with E-state index in [1.165, 1.54) is 25.3 Å². The molecule has 0 bridgehead atoms. The van der Waals surface area contributed by atoms with Crippen LogP contribution in [0.5, 0.6) is 5.75 Å². The van der Waals surface area contributed by atoms with E-state index in [1.807, 2.05) is 0 Å². The van der Waals surface area contributed by atoms with Gasteiger partial charge >= 0.3 is 0 Å². The van der Waals surface area contributed by atoms with E-state index >= 15 is 0 Å². The van der Waals surface area contributed by atoms with Crippen LogP contribution >= 0.6 is 23.8 Å². The van der Waals surface area contributed by atoms with E-state index in [1.54, 1.807) is 41.1 Å². The highest BCUT2D eigenvalue weighted by Crippen LogP contribution is 2.34. The van der Waals surface area contributed by atoms with Crippen molar-refractivity contribution >= 4 is 65.5 Å². The van der Waals surface area contributed by atoms with Gasteiger partial charge in [-0.2, -0.15) is 5.10 Å². The maximum absolute atomic E-state index is 13.1. The third-order valence-corrected chi connectivity index (χ3v) is 8.20. The number of ether oxygens (including phenoxy) is 1. The summed E-state index contributed by atoms with van der Waals surface area (Å²) >= 11 is 11.2. The Morgan fingerprint density at radius 1 is 1.18 bits per heavy atom. The molecule has 1 aromatic heterocycles. The minimum Gasteiger partial charge on any atom is -0.496 e. The normalized spacial score (nSPS) is 14.6. The Morgan fingerprint density at radius 2 is 1.88 bits per heavy atom. The summed E-state index contributed by atoms with van der Waals surface area (Å²) < 4.78 is 58.9. The van der Waals surface area contributed by atoms with Crippen molar-refractivity contribution in [3.05, 3.63) is 70.1 Å². The monoisotopic (exact) mass is 538 g/mol. The number of hydrogen-bond acceptors (Lipinski definition) is 7. The molecule has 0 atom stereocenters. The fourth-order valence-electron chi connectivity index (χ4n) is 3.48. The number of aromatic nitrogens is 2. The van der Waals surface area contributed by atoms with E-state index in [4.69, 9.17) is 33.7 Å². The summed E-state index contributed by atoms with van der Waals surface area (Å²) in [6, 6.07) is 11.2. The van der Waals surface area contributed by atoms with Crippen LogP contribution < -0.4 is 14.6 Å². The number of rotatable bonds is 7. The fraction of sp³-hybridized carbons (Fsp3) is 0.143. The molecule has 3 aromatic rings. The van der Waals surface area contributed by atoms with Crippen LogP contribution in [0.15, 0.2) is 69.4 Å². The van der Waals surface area contributed by atoms with Gasteiger partial charge in [-0.05, 0) is 35.9 Å². The van der Waals surface area contributed by atoms with E-state index in [2.05, 4.69) is 9.82 Å². The fourth-order valence-corrected chi connectivity index (χ4v) is 5.89. The van der Waals surface area contributed by atoms with Crippen LogP contribution in [0.2, 0.25) is 0 Å². The number of thiocarbonyl (C=S) groups is 1. The Labute approximate surface area is 206 Å². The number of nitrogens with zero attached hydrogens (tertiary/aromatic N) is 2. The molecule has 1 aliphatic rings. The zero-order chi connectivity index (χ0) is 24.7. The average molecular weight is 539 g/mol. The maximum Gasteiger partial charge on any atom is 0.264 e. The molecular weight excluding hydrogens is 520 g/mol. The maximum atomic E-state index is 13.1. The number of allylic oxidation sites excluding steroid dienone is 4. The largest absolute Gasteiger partial charge is 0.496 e. The number of primary sulfonamides is 1. The Hall–Kier alpha value is -2.77. The molecule has 1 aliphatic carbocycles. The summed E-state index contributed by atoms with van der Waals surface area (Å²) in [5, 5.41) is 10.4. The SMILES string of the molecule is COc1cccc2c1c(NS(=O)(=O)C1=CC(Cl)=CCC1=S)nn2Cc1ccc(S(N)(=O)=O)cc1. The zero-order valence-electron chi connectivity index (χ0n) is 17.7. The lowest BCUT2D eigenvalue weighted by Crippen LogP contribution is -2.21. The quantitative estimate of drug-likeness (QED) is 0.441. The number of hydrogen-bond donors (Lipinski definition) is 2. The summed E-state index contributed by atoms with van der Waals surface area (Å²) in [4.78, 5) is 0.134. The van der Waals surface area contributed by atoms with Crippen molar-refractivity contribution in [2.45, 2.75) is 17.9 Å². The van der Waals surface area contributed by atoms with Crippen LogP contribution in [-0.2, 0) is 26.6 Å². The van der Waals surface area contributed by atoms with Gasteiger partial charge in [0.2, 0.25) is 10.0 Å². The number of methoxy groups -OCH3 is 1. The molecule has 0 amide bonds. The van der Waals surface area contributed by atoms with Crippen molar-refractivity contribution in [1.29, 1.82) is 0 Å². The van der Waals surface area contributed by atoms with Crippen LogP contribution in [0.3, 0.4) is 0 Å². The summed E-state index contributed by atoms with van der Waals surface area (Å²) in [6.45, 7) is 0.228. The van der Waals surface area contributed by atoms with Crippen molar-refractivity contribution in [2.75, 3.05) is 11.8 Å². The molecule has 178 valence electrons. The van der Waals surface area contributed by atoms with Crippen LogP contribution in [0.25, 0.3) is 10.9 Å². The summed E-state index contributed by atoms with van der Waals surface area (Å²) in [6.07, 6.45) is 3.18. The van der Waals surface area contributed by atoms with Crippen LogP contribution in [-0.4, -0.2) is 38.6 Å². The first kappa shape index (κ1) is 24.4. The lowest BCUT2D eigenvalue weighted by molar-refractivity contribution is 0.420. The number of halogens is 1. The number of anilines is 1. The average Bonchev–Trinajstić information content (AvgIpc) is 3.11. The first-order valence-electron chi connectivity index (χ1n) is 9.78. The molecule has 3 N–H and O–H groups in total. The van der Waals surface area contributed by atoms with Gasteiger partial charge < -0.3 is 4.74 Å². The molecule has 4 rings (SSSR count). The second-order valence-electron chi connectivity index (χ2n) is 7.38. The van der Waals surface area contributed by atoms with Crippen molar-refractivity contribution in [3.8, 4) is 5.75 Å². The van der Waals surface area contributed by atoms with Gasteiger partial charge in [0, 0.05) is 16.3 Å². The van der Waals surface area contributed by atoms with Gasteiger partial charge in [-0.3, -0.25) is 9.40 Å². The molecule has 0 aliphatic heterocycles. The summed E-state index contributed by atoms with van der Waals surface area (Å²) in [5.74, 6) is 0.479. The molecular formula is C21H19ClN4O5S3. The van der Waals surface area contributed by atoms with Gasteiger partial charge in [-0.25, -0.2) is 22.0 Å². The lowest BCUT2D eigenvalue weighted by Gasteiger charge is -2.14. The minimum absolute atomic E-state index is 0.0128. The molecule has 9 nitrogen and oxygen atoms in total. The summed E-state index contributed by atoms with van der Waals surface area (Å²) in [5.41, 5.74) is 1.33. The second-order valence-corrected chi connectivity index (χ2v) is 11.5. The van der Waals surface area contributed by atoms with Crippen molar-refractivity contribution in [3.63, 3.8) is 0 Å². The summed E-state index contributed by atoms with van der Waals surface area (Å²) in [7, 11) is -6.43. The number of nitrogens with two attached hydrogens (primary N) is 1. The highest BCUT2D eigenvalue weighted by molar-refractivity contribution is 7.99. The Morgan fingerprint density at radius 3 is 2.53 bits per heavy atom. The van der Waals surface area contributed by atoms with Gasteiger partial charge in [-0.1, -0.05) is 48.1 Å².